The zero-order valence-corrected chi connectivity index (χ0v) is 15.8. The van der Waals surface area contributed by atoms with Gasteiger partial charge in [0.25, 0.3) is 0 Å². The van der Waals surface area contributed by atoms with Crippen LogP contribution in [0, 0.1) is 6.92 Å². The number of hydrogen-bond donors (Lipinski definition) is 2. The van der Waals surface area contributed by atoms with E-state index < -0.39 is 5.97 Å². The van der Waals surface area contributed by atoms with E-state index >= 15 is 0 Å². The molecule has 0 aliphatic rings. The highest BCUT2D eigenvalue weighted by atomic mass is 79.9. The summed E-state index contributed by atoms with van der Waals surface area (Å²) in [5.74, 6) is -0.556. The van der Waals surface area contributed by atoms with Gasteiger partial charge in [-0.2, -0.15) is 0 Å². The molecule has 0 saturated carbocycles. The van der Waals surface area contributed by atoms with Gasteiger partial charge in [0.1, 0.15) is 5.75 Å². The monoisotopic (exact) mass is 420 g/mol. The maximum Gasteiger partial charge on any atom is 0.337 e. The Morgan fingerprint density at radius 2 is 2.04 bits per heavy atom. The lowest BCUT2D eigenvalue weighted by Crippen LogP contribution is -2.06. The van der Waals surface area contributed by atoms with Crippen molar-refractivity contribution in [3.05, 3.63) is 57.2 Å². The van der Waals surface area contributed by atoms with Crippen LogP contribution in [-0.2, 0) is 0 Å². The Kier molecular flexibility index (Phi) is 4.83. The topological polar surface area (TPSA) is 71.5 Å². The van der Waals surface area contributed by atoms with Crippen molar-refractivity contribution in [2.24, 2.45) is 0 Å². The zero-order valence-electron chi connectivity index (χ0n) is 13.4. The maximum absolute atomic E-state index is 11.7. The van der Waals surface area contributed by atoms with E-state index in [-0.39, 0.29) is 5.56 Å². The molecule has 0 spiro atoms. The fourth-order valence-electron chi connectivity index (χ4n) is 2.60. The van der Waals surface area contributed by atoms with E-state index in [1.54, 1.807) is 24.4 Å². The number of aryl methyl sites for hydroxylation is 1. The molecule has 0 radical (unpaired) electrons. The van der Waals surface area contributed by atoms with Crippen molar-refractivity contribution in [1.82, 2.24) is 4.98 Å². The Hall–Kier alpha value is -2.31. The van der Waals surface area contributed by atoms with Gasteiger partial charge >= 0.3 is 5.97 Å². The molecule has 0 fully saturated rings. The molecule has 0 bridgehead atoms. The number of carboxylic acid groups (broad SMARTS) is 1. The number of hydrogen-bond acceptors (Lipinski definition) is 4. The largest absolute Gasteiger partial charge is 0.497 e. The first-order valence-electron chi connectivity index (χ1n) is 7.33. The van der Waals surface area contributed by atoms with Crippen LogP contribution < -0.4 is 10.1 Å². The summed E-state index contributed by atoms with van der Waals surface area (Å²) in [4.78, 5) is 16.0. The van der Waals surface area contributed by atoms with Crippen LogP contribution in [0.2, 0.25) is 5.02 Å². The third-order valence-corrected chi connectivity index (χ3v) is 4.65. The molecule has 0 aliphatic carbocycles. The lowest BCUT2D eigenvalue weighted by atomic mass is 10.1. The lowest BCUT2D eigenvalue weighted by Gasteiger charge is -2.17. The van der Waals surface area contributed by atoms with Crippen LogP contribution in [-0.4, -0.2) is 23.2 Å². The summed E-state index contributed by atoms with van der Waals surface area (Å²) in [5.41, 5.74) is 2.80. The second-order valence-electron chi connectivity index (χ2n) is 5.44. The number of nitrogens with one attached hydrogen (secondary N) is 1. The number of aromatic nitrogens is 1. The first-order valence-corrected chi connectivity index (χ1v) is 8.50. The number of methoxy groups -OCH3 is 1. The molecule has 1 heterocycles. The highest BCUT2D eigenvalue weighted by Gasteiger charge is 2.17. The quantitative estimate of drug-likeness (QED) is 0.589. The highest BCUT2D eigenvalue weighted by Crippen LogP contribution is 2.37. The predicted molar refractivity (Wildman–Crippen MR) is 102 cm³/mol. The molecule has 25 heavy (non-hydrogen) atoms. The molecule has 2 aromatic carbocycles. The summed E-state index contributed by atoms with van der Waals surface area (Å²) in [6.07, 6.45) is 1.66. The molecule has 7 heteroatoms. The third kappa shape index (κ3) is 3.41. The minimum atomic E-state index is -1.04. The minimum Gasteiger partial charge on any atom is -0.497 e. The Morgan fingerprint density at radius 1 is 1.28 bits per heavy atom. The Balaban J connectivity index is 2.21. The number of anilines is 2. The number of nitrogens with zero attached hydrogens (tertiary/aromatic N) is 1. The molecule has 3 aromatic rings. The number of benzene rings is 2. The molecule has 0 amide bonds. The SMILES string of the molecule is COc1cc(C)c(Nc2c(Br)cnc3ccc(Cl)cc23)c(C(=O)O)c1. The van der Waals surface area contributed by atoms with Gasteiger partial charge in [-0.1, -0.05) is 11.6 Å². The molecule has 3 rings (SSSR count). The van der Waals surface area contributed by atoms with Crippen LogP contribution in [0.3, 0.4) is 0 Å². The van der Waals surface area contributed by atoms with Crippen LogP contribution in [0.25, 0.3) is 10.9 Å². The van der Waals surface area contributed by atoms with Gasteiger partial charge in [-0.25, -0.2) is 4.79 Å². The van der Waals surface area contributed by atoms with Crippen molar-refractivity contribution in [3.8, 4) is 5.75 Å². The van der Waals surface area contributed by atoms with E-state index in [0.717, 1.165) is 16.5 Å². The summed E-state index contributed by atoms with van der Waals surface area (Å²) in [6.45, 7) is 1.82. The molecule has 0 atom stereocenters. The van der Waals surface area contributed by atoms with Crippen LogP contribution in [0.5, 0.6) is 5.75 Å². The number of halogens is 2. The molecule has 2 N–H and O–H groups in total. The first kappa shape index (κ1) is 17.5. The van der Waals surface area contributed by atoms with Crippen LogP contribution in [0.15, 0.2) is 41.0 Å². The second-order valence-corrected chi connectivity index (χ2v) is 6.73. The number of fused-ring (bicyclic) bond motifs is 1. The van der Waals surface area contributed by atoms with Gasteiger partial charge in [0, 0.05) is 16.6 Å². The fourth-order valence-corrected chi connectivity index (χ4v) is 3.19. The van der Waals surface area contributed by atoms with E-state index in [2.05, 4.69) is 26.2 Å². The van der Waals surface area contributed by atoms with Gasteiger partial charge in [-0.15, -0.1) is 0 Å². The Bertz CT molecular complexity index is 986. The maximum atomic E-state index is 11.7. The summed E-state index contributed by atoms with van der Waals surface area (Å²) in [7, 11) is 1.50. The van der Waals surface area contributed by atoms with Crippen molar-refractivity contribution in [1.29, 1.82) is 0 Å². The van der Waals surface area contributed by atoms with Crippen molar-refractivity contribution in [2.45, 2.75) is 6.92 Å². The number of ether oxygens (including phenoxy) is 1. The van der Waals surface area contributed by atoms with Gasteiger partial charge in [0.15, 0.2) is 0 Å². The summed E-state index contributed by atoms with van der Waals surface area (Å²) in [6, 6.07) is 8.63. The van der Waals surface area contributed by atoms with E-state index in [4.69, 9.17) is 16.3 Å². The summed E-state index contributed by atoms with van der Waals surface area (Å²) >= 11 is 9.59. The van der Waals surface area contributed by atoms with Gasteiger partial charge in [-0.05, 0) is 58.7 Å². The molecular formula is C18H14BrClN2O3. The standard InChI is InChI=1S/C18H14BrClN2O3/c1-9-5-11(25-2)7-13(18(23)24)16(9)22-17-12-6-10(20)3-4-15(12)21-8-14(17)19/h3-8H,1-2H3,(H,21,22)(H,23,24). The van der Waals surface area contributed by atoms with Crippen molar-refractivity contribution in [3.63, 3.8) is 0 Å². The van der Waals surface area contributed by atoms with Gasteiger partial charge in [0.05, 0.1) is 34.0 Å². The molecule has 1 aromatic heterocycles. The Labute approximate surface area is 157 Å². The molecular weight excluding hydrogens is 408 g/mol. The number of rotatable bonds is 4. The molecule has 0 unspecified atom stereocenters. The third-order valence-electron chi connectivity index (χ3n) is 3.81. The zero-order chi connectivity index (χ0) is 18.1. The van der Waals surface area contributed by atoms with Crippen molar-refractivity contribution in [2.75, 3.05) is 12.4 Å². The number of pyridine rings is 1. The van der Waals surface area contributed by atoms with E-state index in [0.29, 0.717) is 26.6 Å². The molecule has 0 saturated heterocycles. The van der Waals surface area contributed by atoms with Crippen molar-refractivity contribution >= 4 is 55.8 Å². The average molecular weight is 422 g/mol. The first-order chi connectivity index (χ1) is 11.9. The molecule has 5 nitrogen and oxygen atoms in total. The summed E-state index contributed by atoms with van der Waals surface area (Å²) < 4.78 is 5.88. The number of aromatic carboxylic acids is 1. The second kappa shape index (κ2) is 6.90. The van der Waals surface area contributed by atoms with Crippen LogP contribution in [0.4, 0.5) is 11.4 Å². The predicted octanol–water partition coefficient (Wildman–Crippen LogP) is 5.41. The Morgan fingerprint density at radius 3 is 2.72 bits per heavy atom. The van der Waals surface area contributed by atoms with Crippen LogP contribution in [0.1, 0.15) is 15.9 Å². The van der Waals surface area contributed by atoms with Gasteiger partial charge in [0.2, 0.25) is 0 Å². The number of carboxylic acids is 1. The smallest absolute Gasteiger partial charge is 0.337 e. The van der Waals surface area contributed by atoms with Crippen LogP contribution >= 0.6 is 27.5 Å². The van der Waals surface area contributed by atoms with Gasteiger partial charge in [-0.3, -0.25) is 4.98 Å². The number of carbonyl (C=O) groups is 1. The minimum absolute atomic E-state index is 0.121. The lowest BCUT2D eigenvalue weighted by molar-refractivity contribution is 0.0697. The van der Waals surface area contributed by atoms with Gasteiger partial charge < -0.3 is 15.2 Å². The summed E-state index contributed by atoms with van der Waals surface area (Å²) in [5, 5.41) is 14.2. The van der Waals surface area contributed by atoms with Crippen molar-refractivity contribution < 1.29 is 14.6 Å². The van der Waals surface area contributed by atoms with E-state index in [9.17, 15) is 9.90 Å². The highest BCUT2D eigenvalue weighted by molar-refractivity contribution is 9.10. The normalized spacial score (nSPS) is 10.7. The molecule has 0 aliphatic heterocycles. The van der Waals surface area contributed by atoms with E-state index in [1.807, 2.05) is 13.0 Å². The average Bonchev–Trinajstić information content (AvgIpc) is 2.58. The van der Waals surface area contributed by atoms with E-state index in [1.165, 1.54) is 13.2 Å². The molecule has 128 valence electrons. The fraction of sp³-hybridized carbons (Fsp3) is 0.111.